The van der Waals surface area contributed by atoms with Gasteiger partial charge in [-0.15, -0.1) is 0 Å². The van der Waals surface area contributed by atoms with Gasteiger partial charge in [0.2, 0.25) is 0 Å². The summed E-state index contributed by atoms with van der Waals surface area (Å²) in [6.07, 6.45) is 1.37. The molecule has 2 rings (SSSR count). The van der Waals surface area contributed by atoms with E-state index in [-0.39, 0.29) is 11.7 Å². The summed E-state index contributed by atoms with van der Waals surface area (Å²) in [5.74, 6) is -0.280. The van der Waals surface area contributed by atoms with Crippen LogP contribution < -0.4 is 11.2 Å². The summed E-state index contributed by atoms with van der Waals surface area (Å²) in [7, 11) is 0. The lowest BCUT2D eigenvalue weighted by atomic mass is 10.2. The average molecular weight is 276 g/mol. The number of aryl methyl sites for hydroxylation is 1. The number of nitrogen functional groups attached to an aromatic ring is 1. The van der Waals surface area contributed by atoms with Gasteiger partial charge in [-0.1, -0.05) is 23.5 Å². The molecule has 4 N–H and O–H groups in total. The van der Waals surface area contributed by atoms with Gasteiger partial charge in [0.1, 0.15) is 10.6 Å². The number of phenolic OH excluding ortho intramolecular Hbond substituents is 1. The highest BCUT2D eigenvalue weighted by Gasteiger charge is 2.13. The summed E-state index contributed by atoms with van der Waals surface area (Å²) in [5.41, 5.74) is 8.96. The van der Waals surface area contributed by atoms with Crippen molar-refractivity contribution < 1.29 is 9.90 Å². The van der Waals surface area contributed by atoms with Crippen LogP contribution in [0.3, 0.4) is 0 Å². The molecule has 1 aromatic carbocycles. The first-order valence-corrected chi connectivity index (χ1v) is 6.24. The topological polar surface area (TPSA) is 101 Å². The van der Waals surface area contributed by atoms with Crippen molar-refractivity contribution in [1.29, 1.82) is 0 Å². The molecule has 0 fully saturated rings. The number of aromatic nitrogens is 1. The van der Waals surface area contributed by atoms with Crippen LogP contribution in [0, 0.1) is 6.92 Å². The number of aromatic hydroxyl groups is 1. The lowest BCUT2D eigenvalue weighted by Crippen LogP contribution is -2.17. The molecule has 0 atom stereocenters. The molecule has 0 bridgehead atoms. The summed E-state index contributed by atoms with van der Waals surface area (Å²) in [6.45, 7) is 1.70. The smallest absolute Gasteiger partial charge is 0.283 e. The molecule has 0 saturated carbocycles. The highest BCUT2D eigenvalue weighted by molar-refractivity contribution is 7.17. The van der Waals surface area contributed by atoms with Crippen LogP contribution in [-0.4, -0.2) is 22.2 Å². The summed E-state index contributed by atoms with van der Waals surface area (Å²) in [5, 5.41) is 13.6. The van der Waals surface area contributed by atoms with Gasteiger partial charge in [0.15, 0.2) is 5.13 Å². The van der Waals surface area contributed by atoms with Crippen molar-refractivity contribution in [3.8, 4) is 5.75 Å². The minimum atomic E-state index is -0.377. The van der Waals surface area contributed by atoms with Crippen molar-refractivity contribution in [3.05, 3.63) is 40.4 Å². The fraction of sp³-hybridized carbons (Fsp3) is 0.0833. The van der Waals surface area contributed by atoms with Crippen molar-refractivity contribution in [1.82, 2.24) is 10.4 Å². The average Bonchev–Trinajstić information content (AvgIpc) is 2.71. The number of nitrogens with two attached hydrogens (primary N) is 1. The van der Waals surface area contributed by atoms with E-state index in [1.54, 1.807) is 25.1 Å². The van der Waals surface area contributed by atoms with E-state index in [0.717, 1.165) is 11.3 Å². The molecule has 0 saturated heterocycles. The van der Waals surface area contributed by atoms with Crippen molar-refractivity contribution in [2.75, 3.05) is 5.73 Å². The number of para-hydroxylation sites is 1. The number of carbonyl (C=O) groups is 1. The van der Waals surface area contributed by atoms with E-state index < -0.39 is 0 Å². The van der Waals surface area contributed by atoms with Gasteiger partial charge in [0.25, 0.3) is 5.91 Å². The monoisotopic (exact) mass is 276 g/mol. The molecule has 0 aliphatic carbocycles. The van der Waals surface area contributed by atoms with E-state index >= 15 is 0 Å². The number of hydrazone groups is 1. The van der Waals surface area contributed by atoms with Crippen molar-refractivity contribution >= 4 is 28.6 Å². The fourth-order valence-corrected chi connectivity index (χ4v) is 2.16. The first-order valence-electron chi connectivity index (χ1n) is 5.42. The fourth-order valence-electron chi connectivity index (χ4n) is 1.44. The number of hydrogen-bond donors (Lipinski definition) is 3. The summed E-state index contributed by atoms with van der Waals surface area (Å²) < 4.78 is 0. The molecule has 0 radical (unpaired) electrons. The van der Waals surface area contributed by atoms with E-state index in [2.05, 4.69) is 15.5 Å². The van der Waals surface area contributed by atoms with E-state index in [0.29, 0.717) is 21.3 Å². The highest BCUT2D eigenvalue weighted by Crippen LogP contribution is 2.19. The van der Waals surface area contributed by atoms with Crippen LogP contribution in [0.25, 0.3) is 0 Å². The number of amides is 1. The Morgan fingerprint density at radius 2 is 2.26 bits per heavy atom. The number of rotatable bonds is 3. The van der Waals surface area contributed by atoms with Crippen LogP contribution >= 0.6 is 11.3 Å². The van der Waals surface area contributed by atoms with E-state index in [1.165, 1.54) is 12.3 Å². The first kappa shape index (κ1) is 13.0. The van der Waals surface area contributed by atoms with Crippen molar-refractivity contribution in [2.45, 2.75) is 6.92 Å². The third-order valence-electron chi connectivity index (χ3n) is 2.33. The molecule has 7 heteroatoms. The number of nitrogens with zero attached hydrogens (tertiary/aromatic N) is 2. The molecular formula is C12H12N4O2S. The zero-order valence-electron chi connectivity index (χ0n) is 10.1. The quantitative estimate of drug-likeness (QED) is 0.584. The SMILES string of the molecule is Cc1nc(N)sc1C(=O)N/N=C/c1ccccc1O. The molecule has 98 valence electrons. The van der Waals surface area contributed by atoms with Crippen LogP contribution in [-0.2, 0) is 0 Å². The molecule has 6 nitrogen and oxygen atoms in total. The molecule has 2 aromatic rings. The van der Waals surface area contributed by atoms with Gasteiger partial charge >= 0.3 is 0 Å². The molecule has 0 unspecified atom stereocenters. The molecule has 1 heterocycles. The maximum atomic E-state index is 11.8. The number of anilines is 1. The Morgan fingerprint density at radius 1 is 1.53 bits per heavy atom. The molecule has 0 aliphatic heterocycles. The van der Waals surface area contributed by atoms with Gasteiger partial charge in [-0.2, -0.15) is 5.10 Å². The molecule has 1 amide bonds. The largest absolute Gasteiger partial charge is 0.507 e. The highest BCUT2D eigenvalue weighted by atomic mass is 32.1. The Labute approximate surface area is 113 Å². The number of hydrogen-bond acceptors (Lipinski definition) is 6. The lowest BCUT2D eigenvalue weighted by molar-refractivity contribution is 0.0958. The Kier molecular flexibility index (Phi) is 3.76. The predicted octanol–water partition coefficient (Wildman–Crippen LogP) is 1.50. The second kappa shape index (κ2) is 5.49. The zero-order valence-corrected chi connectivity index (χ0v) is 10.9. The second-order valence-corrected chi connectivity index (χ2v) is 4.76. The zero-order chi connectivity index (χ0) is 13.8. The Balaban J connectivity index is 2.05. The van der Waals surface area contributed by atoms with Crippen LogP contribution in [0.4, 0.5) is 5.13 Å². The van der Waals surface area contributed by atoms with Gasteiger partial charge in [-0.05, 0) is 19.1 Å². The van der Waals surface area contributed by atoms with E-state index in [4.69, 9.17) is 5.73 Å². The first-order chi connectivity index (χ1) is 9.08. The van der Waals surface area contributed by atoms with Crippen molar-refractivity contribution in [3.63, 3.8) is 0 Å². The maximum absolute atomic E-state index is 11.8. The summed E-state index contributed by atoms with van der Waals surface area (Å²) in [6, 6.07) is 6.68. The van der Waals surface area contributed by atoms with Gasteiger partial charge in [-0.3, -0.25) is 4.79 Å². The Hall–Kier alpha value is -2.41. The molecule has 0 aliphatic rings. The van der Waals surface area contributed by atoms with Gasteiger partial charge in [-0.25, -0.2) is 10.4 Å². The van der Waals surface area contributed by atoms with Crippen LogP contribution in [0.5, 0.6) is 5.75 Å². The number of benzene rings is 1. The Morgan fingerprint density at radius 3 is 2.89 bits per heavy atom. The summed E-state index contributed by atoms with van der Waals surface area (Å²) in [4.78, 5) is 16.2. The number of nitrogens with one attached hydrogen (secondary N) is 1. The lowest BCUT2D eigenvalue weighted by Gasteiger charge is -1.98. The maximum Gasteiger partial charge on any atom is 0.283 e. The van der Waals surface area contributed by atoms with E-state index in [1.807, 2.05) is 0 Å². The van der Waals surface area contributed by atoms with Gasteiger partial charge in [0, 0.05) is 5.56 Å². The second-order valence-electron chi connectivity index (χ2n) is 3.72. The van der Waals surface area contributed by atoms with Gasteiger partial charge < -0.3 is 10.8 Å². The predicted molar refractivity (Wildman–Crippen MR) is 74.4 cm³/mol. The van der Waals surface area contributed by atoms with Crippen LogP contribution in [0.1, 0.15) is 20.9 Å². The third-order valence-corrected chi connectivity index (χ3v) is 3.31. The number of carbonyl (C=O) groups excluding carboxylic acids is 1. The minimum Gasteiger partial charge on any atom is -0.507 e. The van der Waals surface area contributed by atoms with Crippen molar-refractivity contribution in [2.24, 2.45) is 5.10 Å². The number of thiazole rings is 1. The molecule has 19 heavy (non-hydrogen) atoms. The van der Waals surface area contributed by atoms with Crippen LogP contribution in [0.15, 0.2) is 29.4 Å². The summed E-state index contributed by atoms with van der Waals surface area (Å²) >= 11 is 1.10. The van der Waals surface area contributed by atoms with E-state index in [9.17, 15) is 9.90 Å². The molecule has 0 spiro atoms. The molecule has 1 aromatic heterocycles. The normalized spacial score (nSPS) is 10.8. The molecular weight excluding hydrogens is 264 g/mol. The number of phenols is 1. The minimum absolute atomic E-state index is 0.0960. The van der Waals surface area contributed by atoms with Gasteiger partial charge in [0.05, 0.1) is 11.9 Å². The standard InChI is InChI=1S/C12H12N4O2S/c1-7-10(19-12(13)15-7)11(18)16-14-6-8-4-2-3-5-9(8)17/h2-6,17H,1H3,(H2,13,15)(H,16,18)/b14-6+. The van der Waals surface area contributed by atoms with Crippen LogP contribution in [0.2, 0.25) is 0 Å². The Bertz CT molecular complexity index is 636. The third kappa shape index (κ3) is 3.08.